The van der Waals surface area contributed by atoms with Crippen LogP contribution in [0.25, 0.3) is 0 Å². The maximum Gasteiger partial charge on any atom is 0.311 e. The Morgan fingerprint density at radius 2 is 2.11 bits per heavy atom. The molecule has 1 unspecified atom stereocenters. The Bertz CT molecular complexity index is 398. The monoisotopic (exact) mass is 269 g/mol. The smallest absolute Gasteiger partial charge is 0.311 e. The Kier molecular flexibility index (Phi) is 5.35. The van der Waals surface area contributed by atoms with Crippen molar-refractivity contribution in [3.63, 3.8) is 0 Å². The first kappa shape index (κ1) is 15.2. The number of carbonyl (C=O) groups excluding carboxylic acids is 1. The zero-order valence-electron chi connectivity index (χ0n) is 11.7. The highest BCUT2D eigenvalue weighted by molar-refractivity contribution is 7.12. The van der Waals surface area contributed by atoms with Crippen LogP contribution in [0.3, 0.4) is 0 Å². The second-order valence-electron chi connectivity index (χ2n) is 5.07. The highest BCUT2D eigenvalue weighted by atomic mass is 32.1. The molecule has 4 heteroatoms. The van der Waals surface area contributed by atoms with Crippen molar-refractivity contribution >= 4 is 17.3 Å². The summed E-state index contributed by atoms with van der Waals surface area (Å²) in [5.74, 6) is -0.173. The molecule has 1 aromatic rings. The van der Waals surface area contributed by atoms with Crippen molar-refractivity contribution in [3.05, 3.63) is 21.9 Å². The lowest BCUT2D eigenvalue weighted by molar-refractivity contribution is -0.154. The van der Waals surface area contributed by atoms with Gasteiger partial charge in [-0.15, -0.1) is 11.3 Å². The molecule has 18 heavy (non-hydrogen) atoms. The summed E-state index contributed by atoms with van der Waals surface area (Å²) >= 11 is 1.73. The van der Waals surface area contributed by atoms with E-state index in [0.717, 1.165) is 11.3 Å². The molecule has 3 nitrogen and oxygen atoms in total. The largest absolute Gasteiger partial charge is 0.466 e. The van der Waals surface area contributed by atoms with E-state index in [9.17, 15) is 4.79 Å². The van der Waals surface area contributed by atoms with Crippen molar-refractivity contribution in [2.24, 2.45) is 11.1 Å². The quantitative estimate of drug-likeness (QED) is 0.806. The van der Waals surface area contributed by atoms with E-state index in [1.807, 2.05) is 20.8 Å². The second-order valence-corrected chi connectivity index (χ2v) is 6.27. The highest BCUT2D eigenvalue weighted by Crippen LogP contribution is 2.32. The number of rotatable bonds is 6. The molecule has 0 amide bonds. The molecule has 0 aliphatic rings. The number of hydrogen-bond donors (Lipinski definition) is 1. The van der Waals surface area contributed by atoms with Crippen LogP contribution in [0.5, 0.6) is 0 Å². The standard InChI is InChI=1S/C14H23NO2S/c1-5-10-7-8-12(18-10)11(15)9-14(3,4)13(16)17-6-2/h7-8,11H,5-6,9,15H2,1-4H3. The van der Waals surface area contributed by atoms with Gasteiger partial charge < -0.3 is 10.5 Å². The lowest BCUT2D eigenvalue weighted by Gasteiger charge is -2.25. The number of ether oxygens (including phenoxy) is 1. The lowest BCUT2D eigenvalue weighted by atomic mass is 9.85. The van der Waals surface area contributed by atoms with E-state index in [1.165, 1.54) is 4.88 Å². The van der Waals surface area contributed by atoms with Crippen LogP contribution in [-0.4, -0.2) is 12.6 Å². The van der Waals surface area contributed by atoms with Gasteiger partial charge in [0.25, 0.3) is 0 Å². The van der Waals surface area contributed by atoms with Gasteiger partial charge in [0, 0.05) is 15.8 Å². The minimum absolute atomic E-state index is 0.102. The third kappa shape index (κ3) is 3.82. The van der Waals surface area contributed by atoms with Crippen LogP contribution in [0, 0.1) is 5.41 Å². The number of carbonyl (C=O) groups is 1. The molecule has 0 aliphatic heterocycles. The number of nitrogens with two attached hydrogens (primary N) is 1. The molecule has 102 valence electrons. The van der Waals surface area contributed by atoms with Gasteiger partial charge in [0.1, 0.15) is 0 Å². The van der Waals surface area contributed by atoms with Crippen molar-refractivity contribution < 1.29 is 9.53 Å². The molecule has 0 aromatic carbocycles. The van der Waals surface area contributed by atoms with E-state index < -0.39 is 5.41 Å². The summed E-state index contributed by atoms with van der Waals surface area (Å²) in [7, 11) is 0. The van der Waals surface area contributed by atoms with Gasteiger partial charge in [0.05, 0.1) is 12.0 Å². The average molecular weight is 269 g/mol. The molecule has 0 aliphatic carbocycles. The van der Waals surface area contributed by atoms with Gasteiger partial charge in [-0.05, 0) is 45.7 Å². The summed E-state index contributed by atoms with van der Waals surface area (Å²) < 4.78 is 5.08. The van der Waals surface area contributed by atoms with E-state index >= 15 is 0 Å². The third-order valence-electron chi connectivity index (χ3n) is 2.95. The van der Waals surface area contributed by atoms with Crippen LogP contribution >= 0.6 is 11.3 Å². The Hall–Kier alpha value is -0.870. The summed E-state index contributed by atoms with van der Waals surface area (Å²) in [5, 5.41) is 0. The van der Waals surface area contributed by atoms with Crippen molar-refractivity contribution in [1.82, 2.24) is 0 Å². The molecular weight excluding hydrogens is 246 g/mol. The average Bonchev–Trinajstić information content (AvgIpc) is 2.77. The predicted molar refractivity (Wildman–Crippen MR) is 75.7 cm³/mol. The Morgan fingerprint density at radius 1 is 1.44 bits per heavy atom. The number of hydrogen-bond acceptors (Lipinski definition) is 4. The highest BCUT2D eigenvalue weighted by Gasteiger charge is 2.32. The van der Waals surface area contributed by atoms with Crippen molar-refractivity contribution in [1.29, 1.82) is 0 Å². The molecule has 0 saturated carbocycles. The van der Waals surface area contributed by atoms with Gasteiger partial charge in [-0.2, -0.15) is 0 Å². The SMILES string of the molecule is CCOC(=O)C(C)(C)CC(N)c1ccc(CC)s1. The van der Waals surface area contributed by atoms with E-state index in [1.54, 1.807) is 11.3 Å². The Morgan fingerprint density at radius 3 is 2.61 bits per heavy atom. The van der Waals surface area contributed by atoms with Gasteiger partial charge >= 0.3 is 5.97 Å². The fourth-order valence-corrected chi connectivity index (χ4v) is 2.80. The summed E-state index contributed by atoms with van der Waals surface area (Å²) in [5.41, 5.74) is 5.65. The minimum Gasteiger partial charge on any atom is -0.466 e. The minimum atomic E-state index is -0.536. The molecule has 2 N–H and O–H groups in total. The van der Waals surface area contributed by atoms with Crippen LogP contribution in [-0.2, 0) is 16.0 Å². The zero-order chi connectivity index (χ0) is 13.8. The topological polar surface area (TPSA) is 52.3 Å². The van der Waals surface area contributed by atoms with Crippen LogP contribution < -0.4 is 5.73 Å². The maximum absolute atomic E-state index is 11.8. The summed E-state index contributed by atoms with van der Waals surface area (Å²) in [6, 6.07) is 4.07. The van der Waals surface area contributed by atoms with Crippen LogP contribution in [0.2, 0.25) is 0 Å². The lowest BCUT2D eigenvalue weighted by Crippen LogP contribution is -2.30. The first-order chi connectivity index (χ1) is 8.40. The fourth-order valence-electron chi connectivity index (χ4n) is 1.84. The van der Waals surface area contributed by atoms with Crippen molar-refractivity contribution in [2.75, 3.05) is 6.61 Å². The first-order valence-electron chi connectivity index (χ1n) is 6.42. The van der Waals surface area contributed by atoms with Gasteiger partial charge in [-0.25, -0.2) is 0 Å². The van der Waals surface area contributed by atoms with E-state index in [2.05, 4.69) is 19.1 Å². The summed E-state index contributed by atoms with van der Waals surface area (Å²) in [6.07, 6.45) is 1.63. The molecule has 0 spiro atoms. The van der Waals surface area contributed by atoms with Gasteiger partial charge in [0.2, 0.25) is 0 Å². The first-order valence-corrected chi connectivity index (χ1v) is 7.23. The molecule has 1 heterocycles. The van der Waals surface area contributed by atoms with E-state index in [-0.39, 0.29) is 12.0 Å². The molecule has 1 rings (SSSR count). The van der Waals surface area contributed by atoms with E-state index in [0.29, 0.717) is 13.0 Å². The molecule has 1 aromatic heterocycles. The van der Waals surface area contributed by atoms with Crippen LogP contribution in [0.15, 0.2) is 12.1 Å². The van der Waals surface area contributed by atoms with Gasteiger partial charge in [0.15, 0.2) is 0 Å². The zero-order valence-corrected chi connectivity index (χ0v) is 12.5. The van der Waals surface area contributed by atoms with Crippen molar-refractivity contribution in [3.8, 4) is 0 Å². The normalized spacial score (nSPS) is 13.4. The number of esters is 1. The van der Waals surface area contributed by atoms with Crippen molar-refractivity contribution in [2.45, 2.75) is 46.6 Å². The van der Waals surface area contributed by atoms with E-state index in [4.69, 9.17) is 10.5 Å². The number of aryl methyl sites for hydroxylation is 1. The summed E-state index contributed by atoms with van der Waals surface area (Å²) in [4.78, 5) is 14.3. The van der Waals surface area contributed by atoms with Crippen LogP contribution in [0.1, 0.15) is 49.9 Å². The predicted octanol–water partition coefficient (Wildman–Crippen LogP) is 3.29. The van der Waals surface area contributed by atoms with Crippen LogP contribution in [0.4, 0.5) is 0 Å². The Labute approximate surface area is 113 Å². The molecule has 1 atom stereocenters. The van der Waals surface area contributed by atoms with Gasteiger partial charge in [-0.3, -0.25) is 4.79 Å². The molecule has 0 radical (unpaired) electrons. The van der Waals surface area contributed by atoms with Gasteiger partial charge in [-0.1, -0.05) is 6.92 Å². The molecule has 0 bridgehead atoms. The summed E-state index contributed by atoms with van der Waals surface area (Å²) in [6.45, 7) is 8.14. The Balaban J connectivity index is 2.68. The molecular formula is C14H23NO2S. The number of thiophene rings is 1. The molecule has 0 saturated heterocycles. The third-order valence-corrected chi connectivity index (χ3v) is 4.32. The maximum atomic E-state index is 11.8. The second kappa shape index (κ2) is 6.34. The fraction of sp³-hybridized carbons (Fsp3) is 0.643. The molecule has 0 fully saturated rings.